The van der Waals surface area contributed by atoms with E-state index in [4.69, 9.17) is 4.55 Å². The fourth-order valence-corrected chi connectivity index (χ4v) is 1.84. The van der Waals surface area contributed by atoms with Gasteiger partial charge >= 0.3 is 10.4 Å². The van der Waals surface area contributed by atoms with E-state index in [9.17, 15) is 8.42 Å². The van der Waals surface area contributed by atoms with Crippen molar-refractivity contribution in [3.05, 3.63) is 0 Å². The molecule has 4 nitrogen and oxygen atoms in total. The van der Waals surface area contributed by atoms with Crippen LogP contribution in [-0.4, -0.2) is 19.6 Å². The molecule has 5 heteroatoms. The Morgan fingerprint density at radius 2 is 1.60 bits per heavy atom. The zero-order valence-corrected chi connectivity index (χ0v) is 10.4. The summed E-state index contributed by atoms with van der Waals surface area (Å²) in [7, 11) is -4.27. The van der Waals surface area contributed by atoms with Gasteiger partial charge in [0.2, 0.25) is 0 Å². The Balaban J connectivity index is 3.89. The van der Waals surface area contributed by atoms with Gasteiger partial charge in [0.1, 0.15) is 0 Å². The van der Waals surface area contributed by atoms with Gasteiger partial charge in [0.15, 0.2) is 0 Å². The van der Waals surface area contributed by atoms with E-state index in [0.29, 0.717) is 0 Å². The molecular formula is C10H22O4S. The smallest absolute Gasteiger partial charge is 0.264 e. The molecule has 0 fully saturated rings. The first-order valence-corrected chi connectivity index (χ1v) is 6.98. The van der Waals surface area contributed by atoms with Crippen molar-refractivity contribution in [2.24, 2.45) is 5.92 Å². The van der Waals surface area contributed by atoms with Gasteiger partial charge in [0.25, 0.3) is 0 Å². The summed E-state index contributed by atoms with van der Waals surface area (Å²) in [6.45, 7) is 4.31. The molecule has 0 aliphatic rings. The van der Waals surface area contributed by atoms with Crippen LogP contribution in [0, 0.1) is 5.92 Å². The van der Waals surface area contributed by atoms with E-state index in [0.717, 1.165) is 38.5 Å². The second kappa shape index (κ2) is 8.07. The van der Waals surface area contributed by atoms with Crippen LogP contribution in [-0.2, 0) is 14.6 Å². The van der Waals surface area contributed by atoms with Crippen LogP contribution in [0.2, 0.25) is 0 Å². The Hall–Kier alpha value is -0.130. The van der Waals surface area contributed by atoms with Crippen molar-refractivity contribution in [3.8, 4) is 0 Å². The molecule has 0 bridgehead atoms. The quantitative estimate of drug-likeness (QED) is 0.627. The molecule has 0 atom stereocenters. The Bertz CT molecular complexity index is 228. The van der Waals surface area contributed by atoms with Crippen LogP contribution in [0.3, 0.4) is 0 Å². The van der Waals surface area contributed by atoms with E-state index >= 15 is 0 Å². The summed E-state index contributed by atoms with van der Waals surface area (Å²) in [6.07, 6.45) is 6.26. The minimum atomic E-state index is -4.27. The van der Waals surface area contributed by atoms with E-state index in [1.165, 1.54) is 0 Å². The summed E-state index contributed by atoms with van der Waals surface area (Å²) < 4.78 is 33.7. The molecule has 0 rings (SSSR count). The van der Waals surface area contributed by atoms with Gasteiger partial charge in [-0.25, -0.2) is 4.18 Å². The van der Waals surface area contributed by atoms with Crippen LogP contribution in [0.5, 0.6) is 0 Å². The maximum atomic E-state index is 10.4. The third-order valence-corrected chi connectivity index (χ3v) is 2.82. The monoisotopic (exact) mass is 238 g/mol. The normalized spacial score (nSPS) is 12.3. The molecule has 0 aromatic rings. The molecule has 0 aliphatic heterocycles. The summed E-state index contributed by atoms with van der Waals surface area (Å²) >= 11 is 0. The highest BCUT2D eigenvalue weighted by atomic mass is 32.3. The second-order valence-corrected chi connectivity index (χ2v) is 4.95. The molecule has 0 amide bonds. The molecule has 92 valence electrons. The van der Waals surface area contributed by atoms with Crippen LogP contribution in [0.1, 0.15) is 52.4 Å². The minimum Gasteiger partial charge on any atom is -0.264 e. The molecule has 0 saturated heterocycles. The predicted molar refractivity (Wildman–Crippen MR) is 60.0 cm³/mol. The van der Waals surface area contributed by atoms with Crippen LogP contribution < -0.4 is 0 Å². The molecule has 0 aromatic heterocycles. The van der Waals surface area contributed by atoms with Gasteiger partial charge in [-0.3, -0.25) is 4.55 Å². The fraction of sp³-hybridized carbons (Fsp3) is 1.00. The van der Waals surface area contributed by atoms with Gasteiger partial charge in [-0.15, -0.1) is 0 Å². The fourth-order valence-electron chi connectivity index (χ4n) is 1.48. The number of hydrogen-bond donors (Lipinski definition) is 1. The third kappa shape index (κ3) is 10.2. The lowest BCUT2D eigenvalue weighted by molar-refractivity contribution is 0.205. The first-order chi connectivity index (χ1) is 6.99. The number of rotatable bonds is 9. The molecule has 0 saturated carbocycles. The second-order valence-electron chi connectivity index (χ2n) is 3.86. The Labute approximate surface area is 93.0 Å². The molecule has 0 aliphatic carbocycles. The first-order valence-electron chi connectivity index (χ1n) is 5.61. The number of hydrogen-bond acceptors (Lipinski definition) is 3. The van der Waals surface area contributed by atoms with Crippen molar-refractivity contribution in [2.75, 3.05) is 6.61 Å². The van der Waals surface area contributed by atoms with E-state index in [1.54, 1.807) is 0 Å². The molecule has 0 spiro atoms. The van der Waals surface area contributed by atoms with Gasteiger partial charge in [-0.1, -0.05) is 39.5 Å². The summed E-state index contributed by atoms with van der Waals surface area (Å²) in [5.74, 6) is 0.242. The molecule has 0 heterocycles. The Morgan fingerprint density at radius 1 is 1.13 bits per heavy atom. The number of unbranched alkanes of at least 4 members (excludes halogenated alkanes) is 2. The third-order valence-electron chi connectivity index (χ3n) is 2.38. The van der Waals surface area contributed by atoms with Crippen LogP contribution in [0.25, 0.3) is 0 Å². The molecule has 15 heavy (non-hydrogen) atoms. The average molecular weight is 238 g/mol. The van der Waals surface area contributed by atoms with Crippen molar-refractivity contribution >= 4 is 10.4 Å². The Morgan fingerprint density at radius 3 is 1.93 bits per heavy atom. The predicted octanol–water partition coefficient (Wildman–Crippen LogP) is 2.80. The molecular weight excluding hydrogens is 216 g/mol. The lowest BCUT2D eigenvalue weighted by Gasteiger charge is -2.14. The van der Waals surface area contributed by atoms with E-state index < -0.39 is 10.4 Å². The first kappa shape index (κ1) is 14.9. The summed E-state index contributed by atoms with van der Waals surface area (Å²) in [5.41, 5.74) is 0. The zero-order chi connectivity index (χ0) is 11.7. The molecule has 0 radical (unpaired) electrons. The van der Waals surface area contributed by atoms with Crippen LogP contribution >= 0.6 is 0 Å². The van der Waals surface area contributed by atoms with Gasteiger partial charge < -0.3 is 0 Å². The van der Waals surface area contributed by atoms with E-state index in [-0.39, 0.29) is 12.5 Å². The van der Waals surface area contributed by atoms with Gasteiger partial charge in [0.05, 0.1) is 6.61 Å². The standard InChI is InChI=1S/C10H22O4S/c1-3-5-7-10(8-6-4-2)9-14-15(11,12)13/h10H,3-9H2,1-2H3,(H,11,12,13). The highest BCUT2D eigenvalue weighted by Crippen LogP contribution is 2.17. The van der Waals surface area contributed by atoms with Crippen LogP contribution in [0.15, 0.2) is 0 Å². The Kier molecular flexibility index (Phi) is 8.00. The van der Waals surface area contributed by atoms with Gasteiger partial charge in [0, 0.05) is 0 Å². The largest absolute Gasteiger partial charge is 0.397 e. The molecule has 1 N–H and O–H groups in total. The van der Waals surface area contributed by atoms with E-state index in [2.05, 4.69) is 18.0 Å². The summed E-state index contributed by atoms with van der Waals surface area (Å²) in [5, 5.41) is 0. The maximum Gasteiger partial charge on any atom is 0.397 e. The van der Waals surface area contributed by atoms with Crippen molar-refractivity contribution < 1.29 is 17.2 Å². The van der Waals surface area contributed by atoms with Crippen molar-refractivity contribution in [2.45, 2.75) is 52.4 Å². The molecule has 0 unspecified atom stereocenters. The van der Waals surface area contributed by atoms with Crippen molar-refractivity contribution in [3.63, 3.8) is 0 Å². The van der Waals surface area contributed by atoms with Crippen molar-refractivity contribution in [1.29, 1.82) is 0 Å². The van der Waals surface area contributed by atoms with Gasteiger partial charge in [-0.2, -0.15) is 8.42 Å². The summed E-state index contributed by atoms with van der Waals surface area (Å²) in [4.78, 5) is 0. The molecule has 0 aromatic carbocycles. The van der Waals surface area contributed by atoms with Crippen LogP contribution in [0.4, 0.5) is 0 Å². The average Bonchev–Trinajstić information content (AvgIpc) is 2.15. The van der Waals surface area contributed by atoms with Gasteiger partial charge in [-0.05, 0) is 18.8 Å². The van der Waals surface area contributed by atoms with E-state index in [1.807, 2.05) is 0 Å². The topological polar surface area (TPSA) is 63.6 Å². The highest BCUT2D eigenvalue weighted by molar-refractivity contribution is 7.80. The maximum absolute atomic E-state index is 10.4. The minimum absolute atomic E-state index is 0.110. The lowest BCUT2D eigenvalue weighted by Crippen LogP contribution is -2.14. The van der Waals surface area contributed by atoms with Crippen molar-refractivity contribution in [1.82, 2.24) is 0 Å². The zero-order valence-electron chi connectivity index (χ0n) is 9.61. The summed E-state index contributed by atoms with van der Waals surface area (Å²) in [6, 6.07) is 0. The highest BCUT2D eigenvalue weighted by Gasteiger charge is 2.12. The SMILES string of the molecule is CCCCC(CCCC)COS(=O)(=O)O. The lowest BCUT2D eigenvalue weighted by atomic mass is 9.97.